The Labute approximate surface area is 120 Å². The summed E-state index contributed by atoms with van der Waals surface area (Å²) in [6.45, 7) is 2.69. The third-order valence-electron chi connectivity index (χ3n) is 2.91. The Bertz CT molecular complexity index is 690. The van der Waals surface area contributed by atoms with Gasteiger partial charge in [0.2, 0.25) is 0 Å². The van der Waals surface area contributed by atoms with Gasteiger partial charge in [-0.3, -0.25) is 0 Å². The average molecular weight is 293 g/mol. The quantitative estimate of drug-likeness (QED) is 0.694. The van der Waals surface area contributed by atoms with E-state index < -0.39 is 0 Å². The zero-order valence-corrected chi connectivity index (χ0v) is 12.1. The Hall–Kier alpha value is -1.46. The van der Waals surface area contributed by atoms with Crippen molar-refractivity contribution >= 4 is 34.1 Å². The van der Waals surface area contributed by atoms with Crippen LogP contribution >= 0.6 is 22.9 Å². The first-order valence-corrected chi connectivity index (χ1v) is 7.46. The maximum absolute atomic E-state index is 5.86. The molecule has 3 aromatic rings. The Morgan fingerprint density at radius 2 is 2.21 bits per heavy atom. The molecule has 0 atom stereocenters. The van der Waals surface area contributed by atoms with Crippen molar-refractivity contribution in [3.05, 3.63) is 40.2 Å². The standard InChI is InChI=1S/C13H13ClN4S/c1-9-2-3-10-13(16-9)18(11(17-10)4-5-14)8-12-15-6-7-19-12/h2-3,6-7H,4-5,8H2,1H3. The number of fused-ring (bicyclic) bond motifs is 1. The normalized spacial score (nSPS) is 11.3. The molecule has 3 aromatic heterocycles. The largest absolute Gasteiger partial charge is 0.306 e. The fourth-order valence-corrected chi connectivity index (χ4v) is 2.82. The van der Waals surface area contributed by atoms with E-state index >= 15 is 0 Å². The molecular formula is C13H13ClN4S. The van der Waals surface area contributed by atoms with E-state index in [2.05, 4.69) is 19.5 Å². The number of pyridine rings is 1. The maximum atomic E-state index is 5.86. The predicted octanol–water partition coefficient (Wildman–Crippen LogP) is 3.03. The molecule has 0 fully saturated rings. The topological polar surface area (TPSA) is 43.6 Å². The Balaban J connectivity index is 2.12. The van der Waals surface area contributed by atoms with E-state index in [9.17, 15) is 0 Å². The highest BCUT2D eigenvalue weighted by Crippen LogP contribution is 2.18. The van der Waals surface area contributed by atoms with Crippen LogP contribution in [0.4, 0.5) is 0 Å². The molecule has 98 valence electrons. The summed E-state index contributed by atoms with van der Waals surface area (Å²) >= 11 is 7.50. The smallest absolute Gasteiger partial charge is 0.160 e. The molecule has 0 aliphatic heterocycles. The molecular weight excluding hydrogens is 280 g/mol. The van der Waals surface area contributed by atoms with Crippen LogP contribution in [0.5, 0.6) is 0 Å². The van der Waals surface area contributed by atoms with Crippen molar-refractivity contribution in [1.82, 2.24) is 19.5 Å². The van der Waals surface area contributed by atoms with Gasteiger partial charge >= 0.3 is 0 Å². The first-order valence-electron chi connectivity index (χ1n) is 6.05. The van der Waals surface area contributed by atoms with Crippen LogP contribution in [-0.2, 0) is 13.0 Å². The molecule has 3 heterocycles. The number of aromatic nitrogens is 4. The van der Waals surface area contributed by atoms with E-state index in [1.165, 1.54) is 0 Å². The highest BCUT2D eigenvalue weighted by Gasteiger charge is 2.13. The number of aryl methyl sites for hydroxylation is 2. The minimum atomic E-state index is 0.556. The number of rotatable bonds is 4. The minimum absolute atomic E-state index is 0.556. The van der Waals surface area contributed by atoms with Gasteiger partial charge in [-0.1, -0.05) is 0 Å². The van der Waals surface area contributed by atoms with Gasteiger partial charge < -0.3 is 4.57 Å². The summed E-state index contributed by atoms with van der Waals surface area (Å²) in [7, 11) is 0. The lowest BCUT2D eigenvalue weighted by molar-refractivity contribution is 0.742. The van der Waals surface area contributed by atoms with Crippen LogP contribution in [-0.4, -0.2) is 25.4 Å². The average Bonchev–Trinajstić information content (AvgIpc) is 3.00. The van der Waals surface area contributed by atoms with Crippen LogP contribution in [0.15, 0.2) is 23.7 Å². The number of thiazole rings is 1. The lowest BCUT2D eigenvalue weighted by Gasteiger charge is -2.05. The second-order valence-corrected chi connectivity index (χ2v) is 5.63. The van der Waals surface area contributed by atoms with Gasteiger partial charge in [0.1, 0.15) is 16.3 Å². The van der Waals surface area contributed by atoms with Gasteiger partial charge in [0.05, 0.1) is 6.54 Å². The minimum Gasteiger partial charge on any atom is -0.306 e. The first kappa shape index (κ1) is 12.6. The van der Waals surface area contributed by atoms with Crippen LogP contribution in [0.25, 0.3) is 11.2 Å². The molecule has 0 saturated carbocycles. The summed E-state index contributed by atoms with van der Waals surface area (Å²) in [6.07, 6.45) is 2.56. The zero-order valence-electron chi connectivity index (χ0n) is 10.5. The molecule has 19 heavy (non-hydrogen) atoms. The van der Waals surface area contributed by atoms with E-state index in [1.807, 2.05) is 30.6 Å². The predicted molar refractivity (Wildman–Crippen MR) is 77.9 cm³/mol. The first-order chi connectivity index (χ1) is 9.28. The molecule has 0 saturated heterocycles. The van der Waals surface area contributed by atoms with E-state index in [0.717, 1.165) is 34.1 Å². The SMILES string of the molecule is Cc1ccc2nc(CCCl)n(Cc3nccs3)c2n1. The van der Waals surface area contributed by atoms with Crippen LogP contribution in [0, 0.1) is 6.92 Å². The van der Waals surface area contributed by atoms with Gasteiger partial charge in [-0.2, -0.15) is 0 Å². The van der Waals surface area contributed by atoms with Crippen LogP contribution < -0.4 is 0 Å². The number of nitrogens with zero attached hydrogens (tertiary/aromatic N) is 4. The van der Waals surface area contributed by atoms with Gasteiger partial charge in [-0.25, -0.2) is 15.0 Å². The van der Waals surface area contributed by atoms with Crippen molar-refractivity contribution in [2.75, 3.05) is 5.88 Å². The maximum Gasteiger partial charge on any atom is 0.160 e. The Kier molecular flexibility index (Phi) is 3.48. The third kappa shape index (κ3) is 2.48. The number of halogens is 1. The lowest BCUT2D eigenvalue weighted by Crippen LogP contribution is -2.06. The molecule has 6 heteroatoms. The summed E-state index contributed by atoms with van der Waals surface area (Å²) in [5.74, 6) is 1.53. The molecule has 0 spiro atoms. The van der Waals surface area contributed by atoms with Gasteiger partial charge in [0.25, 0.3) is 0 Å². The van der Waals surface area contributed by atoms with Crippen molar-refractivity contribution < 1.29 is 0 Å². The lowest BCUT2D eigenvalue weighted by atomic mass is 10.3. The molecule has 0 aliphatic carbocycles. The van der Waals surface area contributed by atoms with Crippen molar-refractivity contribution in [2.24, 2.45) is 0 Å². The van der Waals surface area contributed by atoms with E-state index in [1.54, 1.807) is 11.3 Å². The van der Waals surface area contributed by atoms with Gasteiger partial charge in [-0.15, -0.1) is 22.9 Å². The fraction of sp³-hybridized carbons (Fsp3) is 0.308. The molecule has 0 aromatic carbocycles. The van der Waals surface area contributed by atoms with Gasteiger partial charge in [0, 0.05) is 29.6 Å². The molecule has 0 bridgehead atoms. The molecule has 0 radical (unpaired) electrons. The molecule has 0 amide bonds. The second-order valence-electron chi connectivity index (χ2n) is 4.27. The van der Waals surface area contributed by atoms with Crippen molar-refractivity contribution in [3.63, 3.8) is 0 Å². The summed E-state index contributed by atoms with van der Waals surface area (Å²) < 4.78 is 2.11. The van der Waals surface area contributed by atoms with Crippen LogP contribution in [0.3, 0.4) is 0 Å². The van der Waals surface area contributed by atoms with Gasteiger partial charge in [-0.05, 0) is 19.1 Å². The second kappa shape index (κ2) is 5.27. The summed E-state index contributed by atoms with van der Waals surface area (Å²) in [5.41, 5.74) is 2.82. The van der Waals surface area contributed by atoms with E-state index in [-0.39, 0.29) is 0 Å². The summed E-state index contributed by atoms with van der Waals surface area (Å²) in [5, 5.41) is 3.03. The summed E-state index contributed by atoms with van der Waals surface area (Å²) in [4.78, 5) is 13.5. The number of hydrogen-bond acceptors (Lipinski definition) is 4. The number of alkyl halides is 1. The molecule has 0 N–H and O–H groups in total. The van der Waals surface area contributed by atoms with Crippen molar-refractivity contribution in [2.45, 2.75) is 19.9 Å². The third-order valence-corrected chi connectivity index (χ3v) is 3.86. The number of hydrogen-bond donors (Lipinski definition) is 0. The van der Waals surface area contributed by atoms with Crippen LogP contribution in [0.2, 0.25) is 0 Å². The molecule has 0 aliphatic rings. The van der Waals surface area contributed by atoms with Crippen LogP contribution in [0.1, 0.15) is 16.5 Å². The number of imidazole rings is 1. The molecule has 3 rings (SSSR count). The zero-order chi connectivity index (χ0) is 13.2. The molecule has 0 unspecified atom stereocenters. The Morgan fingerprint density at radius 3 is 2.95 bits per heavy atom. The molecule has 4 nitrogen and oxygen atoms in total. The van der Waals surface area contributed by atoms with E-state index in [4.69, 9.17) is 11.6 Å². The monoisotopic (exact) mass is 292 g/mol. The van der Waals surface area contributed by atoms with Crippen molar-refractivity contribution in [3.8, 4) is 0 Å². The van der Waals surface area contributed by atoms with Crippen molar-refractivity contribution in [1.29, 1.82) is 0 Å². The highest BCUT2D eigenvalue weighted by molar-refractivity contribution is 7.09. The summed E-state index contributed by atoms with van der Waals surface area (Å²) in [6, 6.07) is 3.99. The van der Waals surface area contributed by atoms with Gasteiger partial charge in [0.15, 0.2) is 5.65 Å². The Morgan fingerprint density at radius 1 is 1.32 bits per heavy atom. The highest BCUT2D eigenvalue weighted by atomic mass is 35.5. The van der Waals surface area contributed by atoms with E-state index in [0.29, 0.717) is 12.4 Å². The fourth-order valence-electron chi connectivity index (χ4n) is 2.05.